The van der Waals surface area contributed by atoms with Crippen LogP contribution in [-0.4, -0.2) is 70.1 Å². The van der Waals surface area contributed by atoms with Crippen molar-refractivity contribution in [3.8, 4) is 0 Å². The van der Waals surface area contributed by atoms with Gasteiger partial charge in [-0.2, -0.15) is 0 Å². The van der Waals surface area contributed by atoms with Crippen molar-refractivity contribution in [1.29, 1.82) is 0 Å². The van der Waals surface area contributed by atoms with Crippen LogP contribution in [0.5, 0.6) is 0 Å². The molecule has 0 aromatic carbocycles. The van der Waals surface area contributed by atoms with Crippen LogP contribution in [0.25, 0.3) is 0 Å². The summed E-state index contributed by atoms with van der Waals surface area (Å²) < 4.78 is 10.4. The lowest BCUT2D eigenvalue weighted by Crippen LogP contribution is -2.59. The number of carbonyl (C=O) groups excluding carboxylic acids is 1. The standard InChI is InChI=1S/C12H22O7/c1-7(14)4-2-3-5-18-12-11(17)10(16)9(15)8(6-13)19-12/h8-13,15-17H,2-6H2,1H3/t8?,9-,10?,11?,12-/m0/s1. The number of aliphatic hydroxyl groups is 4. The fourth-order valence-electron chi connectivity index (χ4n) is 1.88. The van der Waals surface area contributed by atoms with E-state index in [-0.39, 0.29) is 12.4 Å². The summed E-state index contributed by atoms with van der Waals surface area (Å²) in [7, 11) is 0. The van der Waals surface area contributed by atoms with Crippen LogP contribution in [0, 0.1) is 0 Å². The van der Waals surface area contributed by atoms with E-state index < -0.39 is 37.3 Å². The Morgan fingerprint density at radius 1 is 1.16 bits per heavy atom. The van der Waals surface area contributed by atoms with Crippen molar-refractivity contribution in [2.24, 2.45) is 0 Å². The van der Waals surface area contributed by atoms with Gasteiger partial charge in [-0.05, 0) is 19.8 Å². The molecule has 1 aliphatic heterocycles. The molecule has 1 fully saturated rings. The van der Waals surface area contributed by atoms with Gasteiger partial charge in [-0.25, -0.2) is 0 Å². The van der Waals surface area contributed by atoms with Crippen molar-refractivity contribution in [2.45, 2.75) is 56.9 Å². The van der Waals surface area contributed by atoms with Gasteiger partial charge in [0.05, 0.1) is 6.61 Å². The SMILES string of the molecule is CC(=O)CCCCO[C@H]1OC(CO)[C@H](O)C(O)C1O. The summed E-state index contributed by atoms with van der Waals surface area (Å²) in [6.45, 7) is 1.30. The molecule has 1 aliphatic rings. The quantitative estimate of drug-likeness (QED) is 0.421. The lowest BCUT2D eigenvalue weighted by atomic mass is 9.99. The minimum Gasteiger partial charge on any atom is -0.394 e. The Kier molecular flexibility index (Phi) is 6.84. The highest BCUT2D eigenvalue weighted by Gasteiger charge is 2.43. The molecule has 0 amide bonds. The minimum atomic E-state index is -1.42. The fraction of sp³-hybridized carbons (Fsp3) is 0.917. The Bertz CT molecular complexity index is 281. The Balaban J connectivity index is 2.33. The van der Waals surface area contributed by atoms with Crippen LogP contribution < -0.4 is 0 Å². The molecule has 0 saturated carbocycles. The van der Waals surface area contributed by atoms with Gasteiger partial charge in [0, 0.05) is 13.0 Å². The topological polar surface area (TPSA) is 116 Å². The minimum absolute atomic E-state index is 0.104. The molecule has 7 heteroatoms. The second-order valence-corrected chi connectivity index (χ2v) is 4.73. The molecule has 1 heterocycles. The predicted molar refractivity (Wildman–Crippen MR) is 64.3 cm³/mol. The maximum Gasteiger partial charge on any atom is 0.186 e. The predicted octanol–water partition coefficient (Wildman–Crippen LogP) is -1.44. The van der Waals surface area contributed by atoms with Crippen LogP contribution in [-0.2, 0) is 14.3 Å². The number of rotatable bonds is 7. The second kappa shape index (κ2) is 7.88. The fourth-order valence-corrected chi connectivity index (χ4v) is 1.88. The van der Waals surface area contributed by atoms with Gasteiger partial charge in [0.25, 0.3) is 0 Å². The zero-order valence-electron chi connectivity index (χ0n) is 10.9. The molecule has 112 valence electrons. The van der Waals surface area contributed by atoms with Gasteiger partial charge >= 0.3 is 0 Å². The molecular weight excluding hydrogens is 256 g/mol. The van der Waals surface area contributed by atoms with E-state index >= 15 is 0 Å². The third kappa shape index (κ3) is 4.79. The van der Waals surface area contributed by atoms with Crippen molar-refractivity contribution in [2.75, 3.05) is 13.2 Å². The van der Waals surface area contributed by atoms with E-state index in [2.05, 4.69) is 0 Å². The Hall–Kier alpha value is -0.570. The van der Waals surface area contributed by atoms with E-state index in [1.807, 2.05) is 0 Å². The first-order valence-electron chi connectivity index (χ1n) is 6.39. The zero-order valence-corrected chi connectivity index (χ0v) is 10.9. The van der Waals surface area contributed by atoms with Crippen LogP contribution in [0.2, 0.25) is 0 Å². The summed E-state index contributed by atoms with van der Waals surface area (Å²) in [5, 5.41) is 37.7. The van der Waals surface area contributed by atoms with Crippen LogP contribution in [0.3, 0.4) is 0 Å². The molecule has 0 radical (unpaired) electrons. The van der Waals surface area contributed by atoms with Crippen molar-refractivity contribution in [3.63, 3.8) is 0 Å². The number of aliphatic hydroxyl groups excluding tert-OH is 4. The zero-order chi connectivity index (χ0) is 14.4. The van der Waals surface area contributed by atoms with E-state index in [1.54, 1.807) is 0 Å². The number of carbonyl (C=O) groups is 1. The van der Waals surface area contributed by atoms with Crippen LogP contribution in [0.4, 0.5) is 0 Å². The van der Waals surface area contributed by atoms with Crippen LogP contribution >= 0.6 is 0 Å². The molecule has 4 N–H and O–H groups in total. The van der Waals surface area contributed by atoms with Crippen molar-refractivity contribution >= 4 is 5.78 Å². The molecule has 0 aromatic rings. The van der Waals surface area contributed by atoms with E-state index in [9.17, 15) is 20.1 Å². The van der Waals surface area contributed by atoms with Crippen molar-refractivity contribution < 1.29 is 34.7 Å². The molecule has 0 aliphatic carbocycles. The van der Waals surface area contributed by atoms with E-state index in [1.165, 1.54) is 6.92 Å². The summed E-state index contributed by atoms with van der Waals surface area (Å²) in [6.07, 6.45) is -4.45. The van der Waals surface area contributed by atoms with Crippen molar-refractivity contribution in [1.82, 2.24) is 0 Å². The van der Waals surface area contributed by atoms with E-state index in [0.717, 1.165) is 0 Å². The lowest BCUT2D eigenvalue weighted by Gasteiger charge is -2.39. The molecule has 7 nitrogen and oxygen atoms in total. The average Bonchev–Trinajstić information content (AvgIpc) is 2.37. The van der Waals surface area contributed by atoms with Gasteiger partial charge in [-0.15, -0.1) is 0 Å². The Labute approximate surface area is 111 Å². The number of Topliss-reactive ketones (excluding diaryl/α,β-unsaturated/α-hetero) is 1. The number of hydrogen-bond donors (Lipinski definition) is 4. The highest BCUT2D eigenvalue weighted by Crippen LogP contribution is 2.22. The summed E-state index contributed by atoms with van der Waals surface area (Å²) in [5.41, 5.74) is 0. The molecule has 5 atom stereocenters. The molecule has 3 unspecified atom stereocenters. The Morgan fingerprint density at radius 3 is 2.42 bits per heavy atom. The average molecular weight is 278 g/mol. The Morgan fingerprint density at radius 2 is 1.84 bits per heavy atom. The smallest absolute Gasteiger partial charge is 0.186 e. The van der Waals surface area contributed by atoms with Gasteiger partial charge in [0.15, 0.2) is 6.29 Å². The number of unbranched alkanes of at least 4 members (excludes halogenated alkanes) is 1. The second-order valence-electron chi connectivity index (χ2n) is 4.73. The lowest BCUT2D eigenvalue weighted by molar-refractivity contribution is -0.301. The normalized spacial score (nSPS) is 35.3. The van der Waals surface area contributed by atoms with Gasteiger partial charge in [0.1, 0.15) is 30.2 Å². The third-order valence-corrected chi connectivity index (χ3v) is 3.05. The first kappa shape index (κ1) is 16.5. The summed E-state index contributed by atoms with van der Waals surface area (Å²) in [4.78, 5) is 10.7. The summed E-state index contributed by atoms with van der Waals surface area (Å²) >= 11 is 0. The maximum absolute atomic E-state index is 10.7. The first-order chi connectivity index (χ1) is 8.97. The van der Waals surface area contributed by atoms with Gasteiger partial charge in [-0.3, -0.25) is 0 Å². The summed E-state index contributed by atoms with van der Waals surface area (Å²) in [6, 6.07) is 0. The molecule has 19 heavy (non-hydrogen) atoms. The maximum atomic E-state index is 10.7. The highest BCUT2D eigenvalue weighted by atomic mass is 16.7. The molecule has 0 bridgehead atoms. The summed E-state index contributed by atoms with van der Waals surface area (Å²) in [5.74, 6) is 0.104. The number of ether oxygens (including phenoxy) is 2. The molecule has 1 rings (SSSR count). The van der Waals surface area contributed by atoms with E-state index in [4.69, 9.17) is 14.6 Å². The molecule has 0 spiro atoms. The van der Waals surface area contributed by atoms with Crippen LogP contribution in [0.1, 0.15) is 26.2 Å². The number of ketones is 1. The molecule has 1 saturated heterocycles. The van der Waals surface area contributed by atoms with Gasteiger partial charge in [-0.1, -0.05) is 0 Å². The van der Waals surface area contributed by atoms with E-state index in [0.29, 0.717) is 19.3 Å². The van der Waals surface area contributed by atoms with Crippen molar-refractivity contribution in [3.05, 3.63) is 0 Å². The monoisotopic (exact) mass is 278 g/mol. The molecular formula is C12H22O7. The van der Waals surface area contributed by atoms with Crippen LogP contribution in [0.15, 0.2) is 0 Å². The highest BCUT2D eigenvalue weighted by molar-refractivity contribution is 5.75. The van der Waals surface area contributed by atoms with Gasteiger partial charge in [0.2, 0.25) is 0 Å². The van der Waals surface area contributed by atoms with Gasteiger partial charge < -0.3 is 34.7 Å². The number of hydrogen-bond acceptors (Lipinski definition) is 7. The third-order valence-electron chi connectivity index (χ3n) is 3.05. The largest absolute Gasteiger partial charge is 0.394 e. The first-order valence-corrected chi connectivity index (χ1v) is 6.39. The molecule has 0 aromatic heterocycles.